The predicted molar refractivity (Wildman–Crippen MR) is 106 cm³/mol. The zero-order valence-electron chi connectivity index (χ0n) is 14.8. The van der Waals surface area contributed by atoms with Crippen LogP contribution in [-0.4, -0.2) is 16.3 Å². The maximum Gasteiger partial charge on any atom is 0.0705 e. The molecule has 1 heterocycles. The molecule has 0 atom stereocenters. The molecule has 0 bridgehead atoms. The van der Waals surface area contributed by atoms with E-state index < -0.39 is 0 Å². The second kappa shape index (κ2) is 7.96. The van der Waals surface area contributed by atoms with Crippen LogP contribution in [0, 0.1) is 0 Å². The average molecular weight is 339 g/mol. The van der Waals surface area contributed by atoms with Gasteiger partial charge in [-0.15, -0.1) is 0 Å². The SMILES string of the molecule is c1ccc2nc(CP(C3CCCCC3)C3CCCCC3)ccc2c1. The third-order valence-corrected chi connectivity index (χ3v) is 9.69. The quantitative estimate of drug-likeness (QED) is 0.553. The maximum atomic E-state index is 5.02. The smallest absolute Gasteiger partial charge is 0.0705 e. The minimum absolute atomic E-state index is 0.109. The van der Waals surface area contributed by atoms with Crippen LogP contribution in [0.3, 0.4) is 0 Å². The number of fused-ring (bicyclic) bond motifs is 1. The first kappa shape index (κ1) is 16.5. The van der Waals surface area contributed by atoms with E-state index in [1.807, 2.05) is 0 Å². The molecule has 2 heteroatoms. The molecule has 0 unspecified atom stereocenters. The number of nitrogens with zero attached hydrogens (tertiary/aromatic N) is 1. The topological polar surface area (TPSA) is 12.9 Å². The van der Waals surface area contributed by atoms with E-state index in [1.54, 1.807) is 0 Å². The van der Waals surface area contributed by atoms with Crippen molar-refractivity contribution in [3.05, 3.63) is 42.1 Å². The molecule has 24 heavy (non-hydrogen) atoms. The Morgan fingerprint density at radius 1 is 0.750 bits per heavy atom. The van der Waals surface area contributed by atoms with Gasteiger partial charge in [0.1, 0.15) is 0 Å². The lowest BCUT2D eigenvalue weighted by atomic mass is 9.99. The Labute approximate surface area is 148 Å². The van der Waals surface area contributed by atoms with Gasteiger partial charge in [-0.05, 0) is 49.1 Å². The predicted octanol–water partition coefficient (Wildman–Crippen LogP) is 6.88. The van der Waals surface area contributed by atoms with Gasteiger partial charge in [-0.2, -0.15) is 0 Å². The fourth-order valence-electron chi connectivity index (χ4n) is 4.77. The number of para-hydroxylation sites is 1. The van der Waals surface area contributed by atoms with Crippen molar-refractivity contribution in [3.8, 4) is 0 Å². The third-order valence-electron chi connectivity index (χ3n) is 6.09. The van der Waals surface area contributed by atoms with Crippen molar-refractivity contribution < 1.29 is 0 Å². The highest BCUT2D eigenvalue weighted by Crippen LogP contribution is 2.57. The maximum absolute atomic E-state index is 5.02. The second-order valence-electron chi connectivity index (χ2n) is 7.75. The van der Waals surface area contributed by atoms with E-state index >= 15 is 0 Å². The first-order chi connectivity index (χ1) is 11.9. The van der Waals surface area contributed by atoms with Gasteiger partial charge in [0, 0.05) is 17.2 Å². The van der Waals surface area contributed by atoms with Gasteiger partial charge in [0.15, 0.2) is 0 Å². The summed E-state index contributed by atoms with van der Waals surface area (Å²) in [6, 6.07) is 13.2. The highest BCUT2D eigenvalue weighted by molar-refractivity contribution is 7.58. The number of pyridine rings is 1. The molecule has 2 fully saturated rings. The molecule has 0 amide bonds. The molecule has 2 aliphatic rings. The molecule has 0 saturated heterocycles. The summed E-state index contributed by atoms with van der Waals surface area (Å²) in [6.07, 6.45) is 16.1. The van der Waals surface area contributed by atoms with E-state index in [9.17, 15) is 0 Å². The van der Waals surface area contributed by atoms with Crippen LogP contribution in [-0.2, 0) is 6.16 Å². The normalized spacial score (nSPS) is 20.7. The molecule has 1 aromatic carbocycles. The standard InChI is InChI=1S/C22H30NP/c1-3-10-20(11-4-1)24(21-12-5-2-6-13-21)17-19-16-15-18-9-7-8-14-22(18)23-19/h7-9,14-16,20-21H,1-6,10-13,17H2. The first-order valence-electron chi connectivity index (χ1n) is 10.0. The van der Waals surface area contributed by atoms with Crippen LogP contribution in [0.5, 0.6) is 0 Å². The van der Waals surface area contributed by atoms with Gasteiger partial charge in [-0.25, -0.2) is 0 Å². The summed E-state index contributed by atoms with van der Waals surface area (Å²) in [6.45, 7) is 0. The Bertz CT molecular complexity index is 638. The monoisotopic (exact) mass is 339 g/mol. The van der Waals surface area contributed by atoms with Crippen LogP contribution in [0.4, 0.5) is 0 Å². The lowest BCUT2D eigenvalue weighted by Gasteiger charge is -2.38. The van der Waals surface area contributed by atoms with Crippen LogP contribution >= 0.6 is 7.92 Å². The number of hydrogen-bond donors (Lipinski definition) is 0. The number of benzene rings is 1. The molecule has 0 N–H and O–H groups in total. The van der Waals surface area contributed by atoms with Crippen LogP contribution in [0.25, 0.3) is 10.9 Å². The lowest BCUT2D eigenvalue weighted by Crippen LogP contribution is -2.21. The summed E-state index contributed by atoms with van der Waals surface area (Å²) in [5.74, 6) is 0. The van der Waals surface area contributed by atoms with Crippen molar-refractivity contribution in [2.75, 3.05) is 0 Å². The lowest BCUT2D eigenvalue weighted by molar-refractivity contribution is 0.484. The van der Waals surface area contributed by atoms with Gasteiger partial charge in [0.05, 0.1) is 5.52 Å². The molecule has 0 spiro atoms. The van der Waals surface area contributed by atoms with Gasteiger partial charge in [-0.3, -0.25) is 4.98 Å². The average Bonchev–Trinajstić information content (AvgIpc) is 2.67. The van der Waals surface area contributed by atoms with E-state index in [0.29, 0.717) is 0 Å². The zero-order valence-corrected chi connectivity index (χ0v) is 15.7. The molecule has 2 saturated carbocycles. The fourth-order valence-corrected chi connectivity index (χ4v) is 8.48. The van der Waals surface area contributed by atoms with Gasteiger partial charge in [0.25, 0.3) is 0 Å². The van der Waals surface area contributed by atoms with E-state index in [1.165, 1.54) is 87.0 Å². The fraction of sp³-hybridized carbons (Fsp3) is 0.591. The van der Waals surface area contributed by atoms with E-state index in [2.05, 4.69) is 36.4 Å². The second-order valence-corrected chi connectivity index (χ2v) is 10.6. The Hall–Kier alpha value is -0.940. The van der Waals surface area contributed by atoms with E-state index in [0.717, 1.165) is 11.3 Å². The summed E-state index contributed by atoms with van der Waals surface area (Å²) < 4.78 is 0. The molecule has 4 rings (SSSR count). The molecule has 128 valence electrons. The summed E-state index contributed by atoms with van der Waals surface area (Å²) in [5.41, 5.74) is 4.57. The van der Waals surface area contributed by atoms with Crippen molar-refractivity contribution in [1.29, 1.82) is 0 Å². The number of hydrogen-bond acceptors (Lipinski definition) is 1. The van der Waals surface area contributed by atoms with Gasteiger partial charge in [-0.1, -0.05) is 70.7 Å². The Balaban J connectivity index is 1.56. The van der Waals surface area contributed by atoms with E-state index in [-0.39, 0.29) is 7.92 Å². The first-order valence-corrected chi connectivity index (χ1v) is 11.7. The summed E-state index contributed by atoms with van der Waals surface area (Å²) in [5, 5.41) is 1.28. The highest BCUT2D eigenvalue weighted by Gasteiger charge is 2.31. The molecule has 1 aromatic heterocycles. The molecule has 2 aromatic rings. The molecular weight excluding hydrogens is 309 g/mol. The molecule has 1 nitrogen and oxygen atoms in total. The Morgan fingerprint density at radius 3 is 2.04 bits per heavy atom. The van der Waals surface area contributed by atoms with Crippen molar-refractivity contribution in [1.82, 2.24) is 4.98 Å². The highest BCUT2D eigenvalue weighted by atomic mass is 31.1. The Morgan fingerprint density at radius 2 is 1.38 bits per heavy atom. The molecular formula is C22H30NP. The van der Waals surface area contributed by atoms with Crippen molar-refractivity contribution in [2.24, 2.45) is 0 Å². The van der Waals surface area contributed by atoms with Crippen LogP contribution < -0.4 is 0 Å². The molecule has 0 radical (unpaired) electrons. The van der Waals surface area contributed by atoms with Crippen LogP contribution in [0.1, 0.15) is 69.9 Å². The molecule has 2 aliphatic carbocycles. The van der Waals surface area contributed by atoms with Crippen molar-refractivity contribution in [3.63, 3.8) is 0 Å². The summed E-state index contributed by atoms with van der Waals surface area (Å²) in [4.78, 5) is 5.02. The minimum Gasteiger partial charge on any atom is -0.252 e. The number of aromatic nitrogens is 1. The summed E-state index contributed by atoms with van der Waals surface area (Å²) in [7, 11) is 0.109. The Kier molecular flexibility index (Phi) is 5.48. The van der Waals surface area contributed by atoms with Crippen LogP contribution in [0.15, 0.2) is 36.4 Å². The van der Waals surface area contributed by atoms with Gasteiger partial charge >= 0.3 is 0 Å². The van der Waals surface area contributed by atoms with Crippen LogP contribution in [0.2, 0.25) is 0 Å². The third kappa shape index (κ3) is 3.83. The van der Waals surface area contributed by atoms with Gasteiger partial charge in [0.2, 0.25) is 0 Å². The van der Waals surface area contributed by atoms with E-state index in [4.69, 9.17) is 4.98 Å². The molecule has 0 aliphatic heterocycles. The number of rotatable bonds is 4. The minimum atomic E-state index is 0.109. The zero-order chi connectivity index (χ0) is 16.2. The van der Waals surface area contributed by atoms with Gasteiger partial charge < -0.3 is 0 Å². The van der Waals surface area contributed by atoms with Crippen molar-refractivity contribution >= 4 is 18.8 Å². The largest absolute Gasteiger partial charge is 0.252 e. The summed E-state index contributed by atoms with van der Waals surface area (Å²) >= 11 is 0. The van der Waals surface area contributed by atoms with Crippen molar-refractivity contribution in [2.45, 2.75) is 81.7 Å².